The maximum atomic E-state index is 12.6. The number of morpholine rings is 1. The molecule has 1 aliphatic heterocycles. The molecule has 1 atom stereocenters. The van der Waals surface area contributed by atoms with Gasteiger partial charge in [-0.05, 0) is 19.1 Å². The summed E-state index contributed by atoms with van der Waals surface area (Å²) in [6.45, 7) is 3.71. The van der Waals surface area contributed by atoms with Crippen molar-refractivity contribution in [2.75, 3.05) is 38.7 Å². The largest absolute Gasteiger partial charge is 0.368 e. The Morgan fingerprint density at radius 3 is 2.88 bits per heavy atom. The molecule has 0 N–H and O–H groups in total. The van der Waals surface area contributed by atoms with Gasteiger partial charge in [-0.3, -0.25) is 9.78 Å². The molecule has 0 spiro atoms. The summed E-state index contributed by atoms with van der Waals surface area (Å²) < 4.78 is 5.87. The molecule has 1 aliphatic rings. The summed E-state index contributed by atoms with van der Waals surface area (Å²) in [6, 6.07) is 4.08. The van der Waals surface area contributed by atoms with Crippen molar-refractivity contribution in [1.82, 2.24) is 14.9 Å². The predicted octanol–water partition coefficient (Wildman–Crippen LogP) is 2.06. The van der Waals surface area contributed by atoms with Crippen LogP contribution < -0.4 is 4.90 Å². The lowest BCUT2D eigenvalue weighted by Gasteiger charge is -2.33. The molecule has 3 heterocycles. The first-order chi connectivity index (χ1) is 11.5. The van der Waals surface area contributed by atoms with E-state index in [4.69, 9.17) is 4.74 Å². The average Bonchev–Trinajstić information content (AvgIpc) is 2.99. The molecule has 0 aliphatic carbocycles. The quantitative estimate of drug-likeness (QED) is 0.848. The Morgan fingerprint density at radius 2 is 2.17 bits per heavy atom. The fourth-order valence-corrected chi connectivity index (χ4v) is 3.68. The van der Waals surface area contributed by atoms with Gasteiger partial charge in [-0.2, -0.15) is 0 Å². The first-order valence-electron chi connectivity index (χ1n) is 7.97. The van der Waals surface area contributed by atoms with E-state index in [-0.39, 0.29) is 12.0 Å². The van der Waals surface area contributed by atoms with Crippen LogP contribution in [0.5, 0.6) is 0 Å². The van der Waals surface area contributed by atoms with Gasteiger partial charge < -0.3 is 14.5 Å². The minimum absolute atomic E-state index is 0.139. The molecule has 1 fully saturated rings. The second-order valence-corrected chi connectivity index (χ2v) is 7.42. The zero-order chi connectivity index (χ0) is 17.1. The summed E-state index contributed by atoms with van der Waals surface area (Å²) >= 11 is 1.68. The van der Waals surface area contributed by atoms with Gasteiger partial charge in [-0.15, -0.1) is 11.3 Å². The lowest BCUT2D eigenvalue weighted by molar-refractivity contribution is -0.138. The average molecular weight is 346 g/mol. The van der Waals surface area contributed by atoms with Gasteiger partial charge in [0.1, 0.15) is 11.8 Å². The smallest absolute Gasteiger partial charge is 0.228 e. The van der Waals surface area contributed by atoms with E-state index < -0.39 is 0 Å². The van der Waals surface area contributed by atoms with E-state index in [9.17, 15) is 4.79 Å². The van der Waals surface area contributed by atoms with Gasteiger partial charge in [0, 0.05) is 42.8 Å². The molecular weight excluding hydrogens is 324 g/mol. The highest BCUT2D eigenvalue weighted by Crippen LogP contribution is 2.27. The summed E-state index contributed by atoms with van der Waals surface area (Å²) in [7, 11) is 3.86. The highest BCUT2D eigenvalue weighted by Gasteiger charge is 2.29. The maximum Gasteiger partial charge on any atom is 0.228 e. The van der Waals surface area contributed by atoms with Crippen molar-refractivity contribution in [2.45, 2.75) is 19.4 Å². The summed E-state index contributed by atoms with van der Waals surface area (Å²) in [4.78, 5) is 27.5. The van der Waals surface area contributed by atoms with Crippen LogP contribution in [0.15, 0.2) is 24.5 Å². The zero-order valence-corrected chi connectivity index (χ0v) is 15.0. The Labute approximate surface area is 146 Å². The number of amides is 1. The number of carbonyl (C=O) groups is 1. The van der Waals surface area contributed by atoms with Crippen LogP contribution in [-0.2, 0) is 16.0 Å². The SMILES string of the molecule is Cc1ccc(CC(=O)N2CCO[C@H](c3nccnc3N(C)C)C2)s1. The molecule has 2 aromatic rings. The highest BCUT2D eigenvalue weighted by molar-refractivity contribution is 7.12. The van der Waals surface area contributed by atoms with Crippen LogP contribution in [0.1, 0.15) is 21.6 Å². The van der Waals surface area contributed by atoms with Crippen molar-refractivity contribution in [3.8, 4) is 0 Å². The first kappa shape index (κ1) is 16.9. The number of hydrogen-bond donors (Lipinski definition) is 0. The van der Waals surface area contributed by atoms with Crippen LogP contribution in [0.4, 0.5) is 5.82 Å². The molecule has 1 amide bonds. The minimum Gasteiger partial charge on any atom is -0.368 e. The Bertz CT molecular complexity index is 716. The van der Waals surface area contributed by atoms with Crippen molar-refractivity contribution in [2.24, 2.45) is 0 Å². The molecule has 1 saturated heterocycles. The van der Waals surface area contributed by atoms with Crippen molar-refractivity contribution >= 4 is 23.1 Å². The number of nitrogens with zero attached hydrogens (tertiary/aromatic N) is 4. The minimum atomic E-state index is -0.237. The third-order valence-corrected chi connectivity index (χ3v) is 4.98. The summed E-state index contributed by atoms with van der Waals surface area (Å²) in [5.41, 5.74) is 0.784. The zero-order valence-electron chi connectivity index (χ0n) is 14.2. The Hall–Kier alpha value is -1.99. The van der Waals surface area contributed by atoms with Crippen LogP contribution in [0.2, 0.25) is 0 Å². The van der Waals surface area contributed by atoms with E-state index >= 15 is 0 Å². The summed E-state index contributed by atoms with van der Waals surface area (Å²) in [6.07, 6.45) is 3.55. The van der Waals surface area contributed by atoms with E-state index in [2.05, 4.69) is 23.0 Å². The third-order valence-electron chi connectivity index (χ3n) is 3.98. The van der Waals surface area contributed by atoms with Crippen molar-refractivity contribution in [3.63, 3.8) is 0 Å². The number of rotatable bonds is 4. The van der Waals surface area contributed by atoms with Gasteiger partial charge in [0.2, 0.25) is 5.91 Å². The molecule has 0 radical (unpaired) electrons. The Kier molecular flexibility index (Phi) is 5.11. The van der Waals surface area contributed by atoms with E-state index in [1.807, 2.05) is 30.0 Å². The van der Waals surface area contributed by atoms with E-state index in [1.54, 1.807) is 23.7 Å². The number of thiophene rings is 1. The van der Waals surface area contributed by atoms with Crippen LogP contribution in [-0.4, -0.2) is 54.6 Å². The van der Waals surface area contributed by atoms with Crippen LogP contribution in [0.3, 0.4) is 0 Å². The number of aromatic nitrogens is 2. The molecule has 7 heteroatoms. The summed E-state index contributed by atoms with van der Waals surface area (Å²) in [5.74, 6) is 0.922. The fraction of sp³-hybridized carbons (Fsp3) is 0.471. The number of anilines is 1. The molecule has 0 saturated carbocycles. The number of hydrogen-bond acceptors (Lipinski definition) is 6. The molecule has 0 bridgehead atoms. The van der Waals surface area contributed by atoms with Crippen LogP contribution in [0, 0.1) is 6.92 Å². The van der Waals surface area contributed by atoms with E-state index in [0.29, 0.717) is 26.1 Å². The van der Waals surface area contributed by atoms with Gasteiger partial charge in [0.15, 0.2) is 5.82 Å². The molecule has 0 unspecified atom stereocenters. The van der Waals surface area contributed by atoms with Gasteiger partial charge in [0.25, 0.3) is 0 Å². The fourth-order valence-electron chi connectivity index (χ4n) is 2.80. The Balaban J connectivity index is 1.71. The number of ether oxygens (including phenoxy) is 1. The second-order valence-electron chi connectivity index (χ2n) is 6.05. The maximum absolute atomic E-state index is 12.6. The van der Waals surface area contributed by atoms with Gasteiger partial charge in [0.05, 0.1) is 19.6 Å². The molecule has 0 aromatic carbocycles. The normalized spacial score (nSPS) is 17.8. The molecule has 3 rings (SSSR count). The monoisotopic (exact) mass is 346 g/mol. The van der Waals surface area contributed by atoms with Crippen molar-refractivity contribution < 1.29 is 9.53 Å². The highest BCUT2D eigenvalue weighted by atomic mass is 32.1. The van der Waals surface area contributed by atoms with E-state index in [0.717, 1.165) is 16.4 Å². The third kappa shape index (κ3) is 3.73. The van der Waals surface area contributed by atoms with Gasteiger partial charge in [-0.1, -0.05) is 0 Å². The molecule has 6 nitrogen and oxygen atoms in total. The van der Waals surface area contributed by atoms with Gasteiger partial charge in [-0.25, -0.2) is 4.98 Å². The number of carbonyl (C=O) groups excluding carboxylic acids is 1. The van der Waals surface area contributed by atoms with E-state index in [1.165, 1.54) is 4.88 Å². The lowest BCUT2D eigenvalue weighted by atomic mass is 10.1. The molecule has 2 aromatic heterocycles. The Morgan fingerprint density at radius 1 is 1.38 bits per heavy atom. The molecule has 128 valence electrons. The topological polar surface area (TPSA) is 58.6 Å². The molecule has 24 heavy (non-hydrogen) atoms. The number of aryl methyl sites for hydroxylation is 1. The van der Waals surface area contributed by atoms with Crippen molar-refractivity contribution in [1.29, 1.82) is 0 Å². The van der Waals surface area contributed by atoms with Gasteiger partial charge >= 0.3 is 0 Å². The first-order valence-corrected chi connectivity index (χ1v) is 8.79. The van der Waals surface area contributed by atoms with Crippen LogP contribution in [0.25, 0.3) is 0 Å². The summed E-state index contributed by atoms with van der Waals surface area (Å²) in [5, 5.41) is 0. The van der Waals surface area contributed by atoms with Crippen LogP contribution >= 0.6 is 11.3 Å². The lowest BCUT2D eigenvalue weighted by Crippen LogP contribution is -2.43. The standard InChI is InChI=1S/C17H22N4O2S/c1-12-4-5-13(24-12)10-15(22)21-8-9-23-14(11-21)16-17(20(2)3)19-7-6-18-16/h4-7,14H,8-11H2,1-3H3/t14-/m0/s1. The predicted molar refractivity (Wildman–Crippen MR) is 94.4 cm³/mol. The molecular formula is C17H22N4O2S. The van der Waals surface area contributed by atoms with Crippen molar-refractivity contribution in [3.05, 3.63) is 40.0 Å². The second kappa shape index (κ2) is 7.27.